The molecule has 2 aromatic heterocycles. The van der Waals surface area contributed by atoms with Crippen molar-refractivity contribution < 1.29 is 27.3 Å². The van der Waals surface area contributed by atoms with Crippen LogP contribution in [0.1, 0.15) is 10.6 Å². The minimum atomic E-state index is -3.95. The van der Waals surface area contributed by atoms with E-state index in [1.54, 1.807) is 27.8 Å². The second-order valence-electron chi connectivity index (χ2n) is 7.21. The molecule has 0 saturated carbocycles. The number of furan rings is 1. The van der Waals surface area contributed by atoms with Crippen molar-refractivity contribution in [3.8, 4) is 0 Å². The quantitative estimate of drug-likeness (QED) is 0.419. The van der Waals surface area contributed by atoms with E-state index >= 15 is 0 Å². The van der Waals surface area contributed by atoms with Crippen molar-refractivity contribution in [2.75, 3.05) is 26.2 Å². The molecule has 0 radical (unpaired) electrons. The summed E-state index contributed by atoms with van der Waals surface area (Å²) >= 11 is 0. The van der Waals surface area contributed by atoms with Crippen LogP contribution in [-0.2, 0) is 21.4 Å². The molecule has 168 valence electrons. The van der Waals surface area contributed by atoms with Crippen molar-refractivity contribution in [2.45, 2.75) is 11.6 Å². The molecule has 1 aromatic carbocycles. The van der Waals surface area contributed by atoms with Gasteiger partial charge in [0.05, 0.1) is 4.92 Å². The number of nitro groups is 1. The number of benzene rings is 1. The van der Waals surface area contributed by atoms with Crippen LogP contribution in [0.2, 0.25) is 0 Å². The number of carbonyl (C=O) groups is 2. The van der Waals surface area contributed by atoms with Crippen LogP contribution in [0.15, 0.2) is 52.1 Å². The van der Waals surface area contributed by atoms with Gasteiger partial charge >= 0.3 is 0 Å². The molecule has 1 fully saturated rings. The zero-order valence-corrected chi connectivity index (χ0v) is 17.5. The number of non-ortho nitro benzene ring substituents is 1. The van der Waals surface area contributed by atoms with Gasteiger partial charge in [0.15, 0.2) is 5.76 Å². The highest BCUT2D eigenvalue weighted by Crippen LogP contribution is 2.23. The molecular weight excluding hydrogens is 442 g/mol. The van der Waals surface area contributed by atoms with E-state index in [4.69, 9.17) is 10.2 Å². The Morgan fingerprint density at radius 1 is 1.09 bits per heavy atom. The summed E-state index contributed by atoms with van der Waals surface area (Å²) in [5.74, 6) is -1.32. The third-order valence-corrected chi connectivity index (χ3v) is 7.05. The third-order valence-electron chi connectivity index (χ3n) is 5.28. The minimum absolute atomic E-state index is 0.0220. The maximum absolute atomic E-state index is 12.7. The van der Waals surface area contributed by atoms with Gasteiger partial charge in [-0.05, 0) is 24.3 Å². The van der Waals surface area contributed by atoms with Crippen LogP contribution in [-0.4, -0.2) is 65.1 Å². The summed E-state index contributed by atoms with van der Waals surface area (Å²) in [5, 5.41) is 11.2. The molecule has 1 saturated heterocycles. The molecule has 4 rings (SSSR count). The first-order chi connectivity index (χ1) is 15.2. The Hall–Kier alpha value is -3.71. The van der Waals surface area contributed by atoms with Gasteiger partial charge in [-0.15, -0.1) is 0 Å². The van der Waals surface area contributed by atoms with Gasteiger partial charge in [0, 0.05) is 55.4 Å². The number of amides is 2. The number of nitrogens with two attached hydrogens (primary N) is 1. The second kappa shape index (κ2) is 8.09. The Balaban J connectivity index is 1.41. The fraction of sp³-hybridized carbons (Fsp3) is 0.263. The largest absolute Gasteiger partial charge is 0.438 e. The number of carbonyl (C=O) groups excluding carboxylic acids is 2. The van der Waals surface area contributed by atoms with Crippen LogP contribution < -0.4 is 5.73 Å². The van der Waals surface area contributed by atoms with Crippen molar-refractivity contribution in [1.29, 1.82) is 0 Å². The fourth-order valence-electron chi connectivity index (χ4n) is 3.58. The van der Waals surface area contributed by atoms with E-state index in [0.29, 0.717) is 10.9 Å². The highest BCUT2D eigenvalue weighted by Gasteiger charge is 2.32. The van der Waals surface area contributed by atoms with E-state index in [1.807, 2.05) is 0 Å². The van der Waals surface area contributed by atoms with Crippen molar-refractivity contribution in [3.05, 3.63) is 58.5 Å². The SMILES string of the molecule is NC(=O)c1ccc(S(=O)(=O)N2CCN(C(=O)Cn3ccc4cc([N+](=O)[O-])ccc43)CC2)o1. The Morgan fingerprint density at radius 3 is 2.44 bits per heavy atom. The molecule has 2 amide bonds. The van der Waals surface area contributed by atoms with Gasteiger partial charge in [-0.1, -0.05) is 0 Å². The normalized spacial score (nSPS) is 15.2. The summed E-state index contributed by atoms with van der Waals surface area (Å²) in [7, 11) is -3.95. The van der Waals surface area contributed by atoms with E-state index in [-0.39, 0.29) is 55.2 Å². The Kier molecular flexibility index (Phi) is 5.44. The molecule has 3 aromatic rings. The van der Waals surface area contributed by atoms with Crippen LogP contribution in [0.4, 0.5) is 5.69 Å². The Bertz CT molecular complexity index is 1320. The fourth-order valence-corrected chi connectivity index (χ4v) is 4.91. The number of piperazine rings is 1. The number of aromatic nitrogens is 1. The summed E-state index contributed by atoms with van der Waals surface area (Å²) in [5.41, 5.74) is 5.75. The maximum atomic E-state index is 12.7. The molecule has 13 heteroatoms. The van der Waals surface area contributed by atoms with Gasteiger partial charge in [0.25, 0.3) is 21.6 Å². The van der Waals surface area contributed by atoms with Gasteiger partial charge in [0.1, 0.15) is 6.54 Å². The number of nitro benzene ring substituents is 1. The van der Waals surface area contributed by atoms with Gasteiger partial charge in [0.2, 0.25) is 11.0 Å². The first-order valence-corrected chi connectivity index (χ1v) is 11.0. The summed E-state index contributed by atoms with van der Waals surface area (Å²) in [6, 6.07) is 8.49. The number of hydrogen-bond donors (Lipinski definition) is 1. The van der Waals surface area contributed by atoms with Gasteiger partial charge in [-0.25, -0.2) is 8.42 Å². The van der Waals surface area contributed by atoms with Crippen LogP contribution in [0.5, 0.6) is 0 Å². The van der Waals surface area contributed by atoms with Gasteiger partial charge < -0.3 is 19.6 Å². The lowest BCUT2D eigenvalue weighted by atomic mass is 10.2. The molecule has 2 N–H and O–H groups in total. The van der Waals surface area contributed by atoms with Crippen molar-refractivity contribution in [3.63, 3.8) is 0 Å². The number of sulfonamides is 1. The minimum Gasteiger partial charge on any atom is -0.438 e. The molecule has 1 aliphatic heterocycles. The molecule has 12 nitrogen and oxygen atoms in total. The number of rotatable bonds is 6. The van der Waals surface area contributed by atoms with E-state index < -0.39 is 20.9 Å². The van der Waals surface area contributed by atoms with E-state index in [1.165, 1.54) is 28.6 Å². The summed E-state index contributed by atoms with van der Waals surface area (Å²) in [6.45, 7) is 0.533. The van der Waals surface area contributed by atoms with E-state index in [0.717, 1.165) is 0 Å². The molecule has 3 heterocycles. The lowest BCUT2D eigenvalue weighted by Gasteiger charge is -2.33. The molecule has 0 atom stereocenters. The predicted octanol–water partition coefficient (Wildman–Crippen LogP) is 0.775. The Morgan fingerprint density at radius 2 is 1.81 bits per heavy atom. The van der Waals surface area contributed by atoms with Crippen molar-refractivity contribution >= 4 is 38.4 Å². The topological polar surface area (TPSA) is 162 Å². The summed E-state index contributed by atoms with van der Waals surface area (Å²) in [6.07, 6.45) is 1.68. The van der Waals surface area contributed by atoms with Crippen LogP contribution in [0.25, 0.3) is 10.9 Å². The van der Waals surface area contributed by atoms with E-state index in [2.05, 4.69) is 0 Å². The smallest absolute Gasteiger partial charge is 0.284 e. The number of nitrogens with zero attached hydrogens (tertiary/aromatic N) is 4. The number of hydrogen-bond acceptors (Lipinski definition) is 7. The standard InChI is InChI=1S/C19H19N5O7S/c20-19(26)16-3-4-18(31-16)32(29,30)23-9-7-21(8-10-23)17(25)12-22-6-5-13-11-14(24(27)28)1-2-15(13)22/h1-6,11H,7-10,12H2,(H2,20,26). The monoisotopic (exact) mass is 461 g/mol. The molecule has 0 bridgehead atoms. The van der Waals surface area contributed by atoms with Crippen molar-refractivity contribution in [2.24, 2.45) is 5.73 Å². The zero-order chi connectivity index (χ0) is 23.0. The van der Waals surface area contributed by atoms with Crippen LogP contribution in [0, 0.1) is 10.1 Å². The molecular formula is C19H19N5O7S. The highest BCUT2D eigenvalue weighted by atomic mass is 32.2. The van der Waals surface area contributed by atoms with Crippen LogP contribution >= 0.6 is 0 Å². The zero-order valence-electron chi connectivity index (χ0n) is 16.7. The lowest BCUT2D eigenvalue weighted by Crippen LogP contribution is -2.51. The lowest BCUT2D eigenvalue weighted by molar-refractivity contribution is -0.384. The Labute approximate surface area is 182 Å². The third kappa shape index (κ3) is 3.94. The maximum Gasteiger partial charge on any atom is 0.284 e. The van der Waals surface area contributed by atoms with Gasteiger partial charge in [-0.3, -0.25) is 19.7 Å². The first-order valence-electron chi connectivity index (χ1n) is 9.57. The molecule has 0 unspecified atom stereocenters. The van der Waals surface area contributed by atoms with Gasteiger partial charge in [-0.2, -0.15) is 4.31 Å². The molecule has 0 aliphatic carbocycles. The van der Waals surface area contributed by atoms with Crippen LogP contribution in [0.3, 0.4) is 0 Å². The number of primary amides is 1. The summed E-state index contributed by atoms with van der Waals surface area (Å²) in [4.78, 5) is 35.9. The highest BCUT2D eigenvalue weighted by molar-refractivity contribution is 7.89. The first kappa shape index (κ1) is 21.5. The molecule has 0 spiro atoms. The molecule has 1 aliphatic rings. The summed E-state index contributed by atoms with van der Waals surface area (Å²) < 4.78 is 33.3. The van der Waals surface area contributed by atoms with Crippen molar-refractivity contribution in [1.82, 2.24) is 13.8 Å². The average Bonchev–Trinajstić information content (AvgIpc) is 3.42. The average molecular weight is 461 g/mol. The second-order valence-corrected chi connectivity index (χ2v) is 9.08. The molecule has 32 heavy (non-hydrogen) atoms. The predicted molar refractivity (Wildman–Crippen MR) is 111 cm³/mol. The number of fused-ring (bicyclic) bond motifs is 1. The van der Waals surface area contributed by atoms with E-state index in [9.17, 15) is 28.1 Å².